The minimum absolute atomic E-state index is 0.00112. The Hall–Kier alpha value is -6.24. The van der Waals surface area contributed by atoms with E-state index in [0.717, 1.165) is 73.1 Å². The summed E-state index contributed by atoms with van der Waals surface area (Å²) in [7, 11) is 0. The van der Waals surface area contributed by atoms with Crippen molar-refractivity contribution in [2.75, 3.05) is 9.80 Å². The molecule has 4 heterocycles. The third-order valence-electron chi connectivity index (χ3n) is 12.8. The van der Waals surface area contributed by atoms with Crippen molar-refractivity contribution in [2.45, 2.75) is 73.1 Å². The van der Waals surface area contributed by atoms with Gasteiger partial charge in [-0.15, -0.1) is 11.3 Å². The summed E-state index contributed by atoms with van der Waals surface area (Å²) in [4.78, 5) is 4.88. The molecule has 0 N–H and O–H groups in total. The van der Waals surface area contributed by atoms with Gasteiger partial charge in [-0.1, -0.05) is 113 Å². The summed E-state index contributed by atoms with van der Waals surface area (Å²) < 4.78 is 16.9. The first-order valence-electron chi connectivity index (χ1n) is 21.4. The summed E-state index contributed by atoms with van der Waals surface area (Å²) in [5.41, 5.74) is 16.9. The highest BCUT2D eigenvalue weighted by molar-refractivity contribution is 7.33. The zero-order valence-corrected chi connectivity index (χ0v) is 37.2. The van der Waals surface area contributed by atoms with Crippen molar-refractivity contribution < 1.29 is 9.15 Å². The molecule has 9 aromatic rings. The third kappa shape index (κ3) is 5.94. The van der Waals surface area contributed by atoms with Gasteiger partial charge in [0, 0.05) is 54.1 Å². The lowest BCUT2D eigenvalue weighted by atomic mass is 9.36. The van der Waals surface area contributed by atoms with Crippen LogP contribution in [0.1, 0.15) is 69.4 Å². The molecule has 11 rings (SSSR count). The van der Waals surface area contributed by atoms with Crippen LogP contribution in [0, 0.1) is 20.8 Å². The van der Waals surface area contributed by atoms with Crippen LogP contribution >= 0.6 is 11.3 Å². The van der Waals surface area contributed by atoms with E-state index in [0.29, 0.717) is 0 Å². The predicted octanol–water partition coefficient (Wildman–Crippen LogP) is 14.2. The molecule has 0 atom stereocenters. The van der Waals surface area contributed by atoms with Crippen molar-refractivity contribution >= 4 is 99.9 Å². The molecule has 0 saturated heterocycles. The maximum absolute atomic E-state index is 7.22. The van der Waals surface area contributed by atoms with Gasteiger partial charge in [-0.3, -0.25) is 0 Å². The van der Waals surface area contributed by atoms with Crippen LogP contribution in [0.25, 0.3) is 32.0 Å². The number of aryl methyl sites for hydroxylation is 3. The number of hydrogen-bond donors (Lipinski definition) is 0. The molecule has 0 unspecified atom stereocenters. The highest BCUT2D eigenvalue weighted by atomic mass is 32.1. The number of ether oxygens (including phenoxy) is 1. The van der Waals surface area contributed by atoms with Crippen LogP contribution < -0.4 is 30.2 Å². The van der Waals surface area contributed by atoms with Crippen molar-refractivity contribution in [1.29, 1.82) is 0 Å². The molecule has 2 aliphatic heterocycles. The number of fused-ring (bicyclic) bond motifs is 10. The van der Waals surface area contributed by atoms with Gasteiger partial charge >= 0.3 is 0 Å². The first-order chi connectivity index (χ1) is 29.2. The van der Waals surface area contributed by atoms with E-state index in [4.69, 9.17) is 9.15 Å². The van der Waals surface area contributed by atoms with E-state index in [2.05, 4.69) is 206 Å². The van der Waals surface area contributed by atoms with Crippen molar-refractivity contribution in [3.8, 4) is 11.5 Å². The molecule has 300 valence electrons. The zero-order chi connectivity index (χ0) is 42.1. The Morgan fingerprint density at radius 3 is 1.87 bits per heavy atom. The molecule has 0 bridgehead atoms. The lowest BCUT2D eigenvalue weighted by Gasteiger charge is -2.40. The number of hydrogen-bond acceptors (Lipinski definition) is 5. The van der Waals surface area contributed by atoms with Crippen LogP contribution in [-0.2, 0) is 10.8 Å². The summed E-state index contributed by atoms with van der Waals surface area (Å²) in [6, 6.07) is 49.5. The number of furan rings is 1. The average Bonchev–Trinajstić information content (AvgIpc) is 3.80. The Morgan fingerprint density at radius 1 is 0.590 bits per heavy atom. The second-order valence-corrected chi connectivity index (χ2v) is 20.3. The number of benzene rings is 7. The molecule has 0 spiro atoms. The molecule has 4 nitrogen and oxygen atoms in total. The van der Waals surface area contributed by atoms with E-state index in [1.54, 1.807) is 0 Å². The molecule has 61 heavy (non-hydrogen) atoms. The topological polar surface area (TPSA) is 28.9 Å². The van der Waals surface area contributed by atoms with Crippen LogP contribution in [0.2, 0.25) is 0 Å². The smallest absolute Gasteiger partial charge is 0.269 e. The molecule has 0 radical (unpaired) electrons. The molecule has 0 saturated carbocycles. The number of para-hydroxylation sites is 1. The van der Waals surface area contributed by atoms with Crippen LogP contribution in [0.4, 0.5) is 34.1 Å². The van der Waals surface area contributed by atoms with Gasteiger partial charge in [0.25, 0.3) is 6.71 Å². The van der Waals surface area contributed by atoms with Gasteiger partial charge in [-0.2, -0.15) is 0 Å². The van der Waals surface area contributed by atoms with Gasteiger partial charge in [0.05, 0.1) is 5.69 Å². The van der Waals surface area contributed by atoms with E-state index in [1.165, 1.54) is 48.0 Å². The number of nitrogens with zero attached hydrogens (tertiary/aromatic N) is 2. The summed E-state index contributed by atoms with van der Waals surface area (Å²) >= 11 is 1.87. The lowest BCUT2D eigenvalue weighted by molar-refractivity contribution is 0.494. The molecule has 6 heteroatoms. The highest BCUT2D eigenvalue weighted by Gasteiger charge is 2.46. The van der Waals surface area contributed by atoms with Crippen LogP contribution in [0.15, 0.2) is 138 Å². The molecular weight excluding hydrogens is 763 g/mol. The number of anilines is 6. The van der Waals surface area contributed by atoms with E-state index < -0.39 is 0 Å². The summed E-state index contributed by atoms with van der Waals surface area (Å²) in [5, 5.41) is 3.41. The van der Waals surface area contributed by atoms with Gasteiger partial charge in [-0.05, 0) is 132 Å². The van der Waals surface area contributed by atoms with E-state index in [9.17, 15) is 0 Å². The first kappa shape index (κ1) is 37.7. The Kier molecular flexibility index (Phi) is 8.28. The monoisotopic (exact) mass is 812 g/mol. The van der Waals surface area contributed by atoms with Gasteiger partial charge in [0.1, 0.15) is 17.1 Å². The largest absolute Gasteiger partial charge is 0.457 e. The summed E-state index contributed by atoms with van der Waals surface area (Å²) in [6.07, 6.45) is 0. The predicted molar refractivity (Wildman–Crippen MR) is 261 cm³/mol. The fourth-order valence-electron chi connectivity index (χ4n) is 9.55. The summed E-state index contributed by atoms with van der Waals surface area (Å²) in [5.74, 6) is 1.89. The first-order valence-corrected chi connectivity index (χ1v) is 22.3. The van der Waals surface area contributed by atoms with Gasteiger partial charge in [0.2, 0.25) is 0 Å². The minimum atomic E-state index is -0.102. The molecule has 2 aliphatic rings. The molecule has 2 aromatic heterocycles. The van der Waals surface area contributed by atoms with Crippen LogP contribution in [0.5, 0.6) is 11.5 Å². The molecule has 0 amide bonds. The average molecular weight is 813 g/mol. The molecule has 0 fully saturated rings. The van der Waals surface area contributed by atoms with Crippen molar-refractivity contribution in [1.82, 2.24) is 0 Å². The quantitative estimate of drug-likeness (QED) is 0.166. The maximum atomic E-state index is 7.22. The fourth-order valence-corrected chi connectivity index (χ4v) is 10.8. The Bertz CT molecular complexity index is 3170. The minimum Gasteiger partial charge on any atom is -0.457 e. The van der Waals surface area contributed by atoms with Gasteiger partial charge in [-0.25, -0.2) is 0 Å². The van der Waals surface area contributed by atoms with Gasteiger partial charge in [0.15, 0.2) is 5.58 Å². The molecule has 7 aromatic carbocycles. The van der Waals surface area contributed by atoms with Crippen LogP contribution in [-0.4, -0.2) is 6.71 Å². The maximum Gasteiger partial charge on any atom is 0.269 e. The van der Waals surface area contributed by atoms with E-state index in [-0.39, 0.29) is 17.5 Å². The Labute approximate surface area is 363 Å². The second kappa shape index (κ2) is 13.4. The molecular formula is C55H49BN2O2S. The lowest BCUT2D eigenvalue weighted by Crippen LogP contribution is -2.59. The standard InChI is InChI=1S/C55H49BN2O2S/c1-32-14-21-37(22-15-32)57(38-23-16-33(2)17-24-38)44-31-43-50(48-40-12-10-11-13-45(40)59-52(44)48)56-49-42(58(43)39-25-18-35(19-26-39)54(4,5)6)28-34(3)29-46(49)60-51-41-30-36(55(7,8)9)20-27-47(41)61-53(51)56/h10-31H,1-9H3. The van der Waals surface area contributed by atoms with Crippen molar-refractivity contribution in [3.05, 3.63) is 161 Å². The zero-order valence-electron chi connectivity index (χ0n) is 36.4. The fraction of sp³-hybridized carbons (Fsp3) is 0.200. The van der Waals surface area contributed by atoms with Crippen molar-refractivity contribution in [3.63, 3.8) is 0 Å². The van der Waals surface area contributed by atoms with E-state index >= 15 is 0 Å². The third-order valence-corrected chi connectivity index (χ3v) is 14.0. The Balaban J connectivity index is 1.29. The van der Waals surface area contributed by atoms with Gasteiger partial charge < -0.3 is 19.0 Å². The SMILES string of the molecule is Cc1ccc(N(c2ccc(C)cc2)c2cc3c(c4c2oc2ccccc24)B2c4sc5ccc(C(C)(C)C)cc5c4Oc4cc(C)cc(c42)N3c2ccc(C(C)(C)C)cc2)cc1. The number of thiophene rings is 1. The summed E-state index contributed by atoms with van der Waals surface area (Å²) in [6.45, 7) is 20.1. The van der Waals surface area contributed by atoms with Crippen LogP contribution in [0.3, 0.4) is 0 Å². The highest BCUT2D eigenvalue weighted by Crippen LogP contribution is 2.50. The second-order valence-electron chi connectivity index (χ2n) is 19.3. The molecule has 0 aliphatic carbocycles. The normalized spacial score (nSPS) is 13.4. The number of rotatable bonds is 4. The van der Waals surface area contributed by atoms with E-state index in [1.807, 2.05) is 11.3 Å². The Morgan fingerprint density at radius 2 is 1.21 bits per heavy atom. The van der Waals surface area contributed by atoms with Crippen molar-refractivity contribution in [2.24, 2.45) is 0 Å².